The van der Waals surface area contributed by atoms with Crippen molar-refractivity contribution in [2.24, 2.45) is 0 Å². The molecule has 226 valence electrons. The maximum absolute atomic E-state index is 14.8. The van der Waals surface area contributed by atoms with Crippen molar-refractivity contribution in [1.82, 2.24) is 0 Å². The highest BCUT2D eigenvalue weighted by Gasteiger charge is 2.08. The fourth-order valence-corrected chi connectivity index (χ4v) is 3.75. The number of halogens is 1. The summed E-state index contributed by atoms with van der Waals surface area (Å²) >= 11 is 0. The summed E-state index contributed by atoms with van der Waals surface area (Å²) in [6.45, 7) is 11.3. The Labute approximate surface area is 251 Å². The van der Waals surface area contributed by atoms with Gasteiger partial charge in [0.05, 0.1) is 19.8 Å². The molecule has 43 heavy (non-hydrogen) atoms. The molecule has 0 aliphatic carbocycles. The summed E-state index contributed by atoms with van der Waals surface area (Å²) in [5.41, 5.74) is 3.50. The predicted molar refractivity (Wildman–Crippen MR) is 164 cm³/mol. The maximum Gasteiger partial charge on any atom is 0.333 e. The van der Waals surface area contributed by atoms with Crippen LogP contribution in [0.4, 0.5) is 4.39 Å². The molecule has 3 aromatic rings. The van der Waals surface area contributed by atoms with Crippen LogP contribution in [0.25, 0.3) is 17.2 Å². The zero-order valence-corrected chi connectivity index (χ0v) is 24.5. The normalized spacial score (nSPS) is 11.5. The molecule has 3 aromatic carbocycles. The number of benzene rings is 3. The number of aliphatic hydroxyl groups excluding tert-OH is 1. The molecule has 0 aromatic heterocycles. The highest BCUT2D eigenvalue weighted by Crippen LogP contribution is 2.25. The van der Waals surface area contributed by atoms with Crippen molar-refractivity contribution >= 4 is 18.0 Å². The molecule has 0 heterocycles. The first-order valence-electron chi connectivity index (χ1n) is 13.9. The van der Waals surface area contributed by atoms with E-state index >= 15 is 0 Å². The molecule has 0 saturated carbocycles. The van der Waals surface area contributed by atoms with Crippen LogP contribution in [0.1, 0.15) is 37.8 Å². The van der Waals surface area contributed by atoms with E-state index in [2.05, 4.69) is 13.2 Å². The molecule has 0 saturated heterocycles. The van der Waals surface area contributed by atoms with Crippen molar-refractivity contribution in [3.8, 4) is 22.6 Å². The monoisotopic (exact) mass is 588 g/mol. The maximum atomic E-state index is 14.8. The molecule has 0 radical (unpaired) electrons. The summed E-state index contributed by atoms with van der Waals surface area (Å²) in [6.07, 6.45) is 3.50. The summed E-state index contributed by atoms with van der Waals surface area (Å²) in [4.78, 5) is 22.8. The number of carbonyl (C=O) groups excluding carboxylic acids is 2. The van der Waals surface area contributed by atoms with Crippen molar-refractivity contribution < 1.29 is 38.0 Å². The standard InChI is InChI=1S/C35H37FO7/c1-24(2)34(38)41-21-6-5-20-40-30-16-11-27(12-17-30)29-10-9-28(32(36)23-29)13-18-33(37)43-31-14-7-26(8-15-31)19-22-42-35(39)25(3)4/h7-18,23,33,37H,1,3,5-6,19-22H2,2,4H3/b18-13+. The van der Waals surface area contributed by atoms with E-state index in [4.69, 9.17) is 18.9 Å². The molecule has 8 heteroatoms. The van der Waals surface area contributed by atoms with Gasteiger partial charge in [0.1, 0.15) is 17.3 Å². The molecular weight excluding hydrogens is 551 g/mol. The van der Waals surface area contributed by atoms with E-state index in [1.165, 1.54) is 18.2 Å². The topological polar surface area (TPSA) is 91.3 Å². The second-order valence-corrected chi connectivity index (χ2v) is 9.91. The Balaban J connectivity index is 1.44. The molecule has 1 N–H and O–H groups in total. The van der Waals surface area contributed by atoms with Gasteiger partial charge in [-0.3, -0.25) is 0 Å². The Hall–Kier alpha value is -4.69. The van der Waals surface area contributed by atoms with E-state index in [1.807, 2.05) is 36.4 Å². The first-order chi connectivity index (χ1) is 20.6. The molecule has 1 unspecified atom stereocenters. The van der Waals surface area contributed by atoms with Crippen molar-refractivity contribution in [3.05, 3.63) is 114 Å². The Bertz CT molecular complexity index is 1430. The highest BCUT2D eigenvalue weighted by molar-refractivity contribution is 5.87. The van der Waals surface area contributed by atoms with Crippen LogP contribution >= 0.6 is 0 Å². The molecule has 0 aliphatic rings. The number of ether oxygens (including phenoxy) is 4. The van der Waals surface area contributed by atoms with Gasteiger partial charge in [-0.25, -0.2) is 14.0 Å². The molecule has 3 rings (SSSR count). The van der Waals surface area contributed by atoms with Crippen molar-refractivity contribution in [2.75, 3.05) is 19.8 Å². The second kappa shape index (κ2) is 16.7. The minimum absolute atomic E-state index is 0.236. The summed E-state index contributed by atoms with van der Waals surface area (Å²) in [6, 6.07) is 19.2. The van der Waals surface area contributed by atoms with Crippen LogP contribution in [0.5, 0.6) is 11.5 Å². The molecule has 1 atom stereocenters. The quantitative estimate of drug-likeness (QED) is 0.0848. The molecule has 0 spiro atoms. The number of carbonyl (C=O) groups is 2. The average molecular weight is 589 g/mol. The number of aliphatic hydroxyl groups is 1. The van der Waals surface area contributed by atoms with Gasteiger partial charge in [-0.2, -0.15) is 0 Å². The summed E-state index contributed by atoms with van der Waals surface area (Å²) in [5.74, 6) is -0.125. The summed E-state index contributed by atoms with van der Waals surface area (Å²) in [7, 11) is 0. The van der Waals surface area contributed by atoms with Gasteiger partial charge >= 0.3 is 11.9 Å². The fourth-order valence-electron chi connectivity index (χ4n) is 3.75. The molecule has 0 aliphatic heterocycles. The van der Waals surface area contributed by atoms with E-state index in [1.54, 1.807) is 38.1 Å². The molecule has 0 bridgehead atoms. The van der Waals surface area contributed by atoms with Gasteiger partial charge in [-0.05, 0) is 85.9 Å². The summed E-state index contributed by atoms with van der Waals surface area (Å²) < 4.78 is 36.2. The third-order valence-electron chi connectivity index (χ3n) is 6.17. The lowest BCUT2D eigenvalue weighted by Crippen LogP contribution is -2.12. The van der Waals surface area contributed by atoms with Gasteiger partial charge in [0.15, 0.2) is 0 Å². The Kier molecular flexibility index (Phi) is 12.7. The average Bonchev–Trinajstić information content (AvgIpc) is 2.99. The zero-order chi connectivity index (χ0) is 31.2. The van der Waals surface area contributed by atoms with Gasteiger partial charge < -0.3 is 24.1 Å². The van der Waals surface area contributed by atoms with E-state index in [9.17, 15) is 19.1 Å². The number of rotatable bonds is 16. The minimum atomic E-state index is -1.28. The second-order valence-electron chi connectivity index (χ2n) is 9.91. The van der Waals surface area contributed by atoms with E-state index in [-0.39, 0.29) is 12.6 Å². The van der Waals surface area contributed by atoms with Gasteiger partial charge in [-0.15, -0.1) is 0 Å². The van der Waals surface area contributed by atoms with Crippen LogP contribution in [-0.2, 0) is 25.5 Å². The minimum Gasteiger partial charge on any atom is -0.494 e. The van der Waals surface area contributed by atoms with Crippen LogP contribution in [0.15, 0.2) is 97.1 Å². The number of hydrogen-bond donors (Lipinski definition) is 1. The molecule has 0 fully saturated rings. The number of hydrogen-bond acceptors (Lipinski definition) is 7. The zero-order valence-electron chi connectivity index (χ0n) is 24.5. The highest BCUT2D eigenvalue weighted by atomic mass is 19.1. The smallest absolute Gasteiger partial charge is 0.333 e. The van der Waals surface area contributed by atoms with E-state index in [0.717, 1.165) is 17.5 Å². The van der Waals surface area contributed by atoms with Crippen LogP contribution in [0.3, 0.4) is 0 Å². The van der Waals surface area contributed by atoms with E-state index < -0.39 is 18.1 Å². The van der Waals surface area contributed by atoms with Crippen LogP contribution in [0, 0.1) is 5.82 Å². The van der Waals surface area contributed by atoms with Crippen LogP contribution in [-0.4, -0.2) is 43.2 Å². The van der Waals surface area contributed by atoms with Crippen molar-refractivity contribution in [2.45, 2.75) is 39.4 Å². The van der Waals surface area contributed by atoms with Crippen molar-refractivity contribution in [3.63, 3.8) is 0 Å². The molecule has 7 nitrogen and oxygen atoms in total. The van der Waals surface area contributed by atoms with Crippen molar-refractivity contribution in [1.29, 1.82) is 0 Å². The first kappa shape index (κ1) is 32.8. The SMILES string of the molecule is C=C(C)C(=O)OCCCCOc1ccc(-c2ccc(/C=C/C(O)Oc3ccc(CCOC(=O)C(=C)C)cc3)c(F)c2)cc1. The Morgan fingerprint density at radius 1 is 0.814 bits per heavy atom. The van der Waals surface area contributed by atoms with Gasteiger partial charge in [-0.1, -0.05) is 49.6 Å². The van der Waals surface area contributed by atoms with Crippen LogP contribution < -0.4 is 9.47 Å². The number of esters is 2. The third kappa shape index (κ3) is 11.2. The largest absolute Gasteiger partial charge is 0.494 e. The molecule has 0 amide bonds. The Morgan fingerprint density at radius 2 is 1.40 bits per heavy atom. The lowest BCUT2D eigenvalue weighted by molar-refractivity contribution is -0.139. The predicted octanol–water partition coefficient (Wildman–Crippen LogP) is 6.84. The fraction of sp³-hybridized carbons (Fsp3) is 0.257. The lowest BCUT2D eigenvalue weighted by atomic mass is 10.0. The first-order valence-corrected chi connectivity index (χ1v) is 13.9. The lowest BCUT2D eigenvalue weighted by Gasteiger charge is -2.11. The van der Waals surface area contributed by atoms with E-state index in [0.29, 0.717) is 59.8 Å². The van der Waals surface area contributed by atoms with Gasteiger partial charge in [0, 0.05) is 23.1 Å². The third-order valence-corrected chi connectivity index (χ3v) is 6.17. The van der Waals surface area contributed by atoms with Gasteiger partial charge in [0.2, 0.25) is 6.29 Å². The number of unbranched alkanes of at least 4 members (excludes halogenated alkanes) is 1. The Morgan fingerprint density at radius 3 is 2.02 bits per heavy atom. The van der Waals surface area contributed by atoms with Gasteiger partial charge in [0.25, 0.3) is 0 Å². The molecular formula is C35H37FO7. The summed E-state index contributed by atoms with van der Waals surface area (Å²) in [5, 5.41) is 10.3. The van der Waals surface area contributed by atoms with Crippen LogP contribution in [0.2, 0.25) is 0 Å².